The Kier molecular flexibility index (Phi) is 5.36. The molecular weight excluding hydrogens is 308 g/mol. The lowest BCUT2D eigenvalue weighted by atomic mass is 9.95. The Morgan fingerprint density at radius 1 is 1.13 bits per heavy atom. The second-order valence-corrected chi connectivity index (χ2v) is 12.8. The van der Waals surface area contributed by atoms with Gasteiger partial charge in [-0.1, -0.05) is 20.8 Å². The number of hydrogen-bond acceptors (Lipinski definition) is 4. The SMILES string of the molecule is Cn1nc(O[C@H]2CC[C@H](O[Si](C)(C)C(C)(C)C)CC2)ccc1=O. The molecule has 0 unspecified atom stereocenters. The van der Waals surface area contributed by atoms with Gasteiger partial charge in [-0.05, 0) is 43.8 Å². The van der Waals surface area contributed by atoms with Crippen LogP contribution in [0.1, 0.15) is 46.5 Å². The molecule has 0 bridgehead atoms. The van der Waals surface area contributed by atoms with Crippen LogP contribution in [0, 0.1) is 0 Å². The molecule has 130 valence electrons. The molecule has 1 aromatic rings. The second kappa shape index (κ2) is 6.77. The molecule has 6 heteroatoms. The van der Waals surface area contributed by atoms with Gasteiger partial charge in [0.05, 0.1) is 0 Å². The molecule has 2 rings (SSSR count). The van der Waals surface area contributed by atoms with E-state index in [4.69, 9.17) is 9.16 Å². The monoisotopic (exact) mass is 338 g/mol. The van der Waals surface area contributed by atoms with Gasteiger partial charge in [0.1, 0.15) is 6.10 Å². The summed E-state index contributed by atoms with van der Waals surface area (Å²) < 4.78 is 13.7. The molecule has 0 saturated heterocycles. The van der Waals surface area contributed by atoms with Crippen LogP contribution in [0.2, 0.25) is 18.1 Å². The Bertz CT molecular complexity index is 584. The minimum absolute atomic E-state index is 0.121. The van der Waals surface area contributed by atoms with Gasteiger partial charge in [0, 0.05) is 25.3 Å². The number of rotatable bonds is 4. The minimum Gasteiger partial charge on any atom is -0.473 e. The highest BCUT2D eigenvalue weighted by atomic mass is 28.4. The molecule has 1 fully saturated rings. The highest BCUT2D eigenvalue weighted by molar-refractivity contribution is 6.74. The predicted octanol–water partition coefficient (Wildman–Crippen LogP) is 3.49. The van der Waals surface area contributed by atoms with Crippen molar-refractivity contribution in [1.29, 1.82) is 0 Å². The summed E-state index contributed by atoms with van der Waals surface area (Å²) in [5.41, 5.74) is -0.121. The topological polar surface area (TPSA) is 53.4 Å². The average Bonchev–Trinajstić information content (AvgIpc) is 2.43. The number of aromatic nitrogens is 2. The molecule has 0 radical (unpaired) electrons. The van der Waals surface area contributed by atoms with E-state index in [9.17, 15) is 4.79 Å². The largest absolute Gasteiger partial charge is 0.473 e. The summed E-state index contributed by atoms with van der Waals surface area (Å²) in [4.78, 5) is 11.4. The second-order valence-electron chi connectivity index (χ2n) is 8.03. The molecule has 23 heavy (non-hydrogen) atoms. The smallest absolute Gasteiger partial charge is 0.266 e. The zero-order valence-electron chi connectivity index (χ0n) is 15.3. The molecular formula is C17H30N2O3Si. The van der Waals surface area contributed by atoms with E-state index in [1.165, 1.54) is 10.7 Å². The van der Waals surface area contributed by atoms with Crippen LogP contribution >= 0.6 is 0 Å². The highest BCUT2D eigenvalue weighted by Gasteiger charge is 2.39. The summed E-state index contributed by atoms with van der Waals surface area (Å²) in [5.74, 6) is 0.529. The maximum absolute atomic E-state index is 11.4. The highest BCUT2D eigenvalue weighted by Crippen LogP contribution is 2.39. The Hall–Kier alpha value is -1.14. The van der Waals surface area contributed by atoms with E-state index in [2.05, 4.69) is 39.0 Å². The van der Waals surface area contributed by atoms with Gasteiger partial charge in [-0.15, -0.1) is 5.10 Å². The Labute approximate surface area is 140 Å². The molecule has 0 N–H and O–H groups in total. The molecule has 1 heterocycles. The van der Waals surface area contributed by atoms with Gasteiger partial charge in [-0.3, -0.25) is 4.79 Å². The van der Waals surface area contributed by atoms with E-state index < -0.39 is 8.32 Å². The maximum Gasteiger partial charge on any atom is 0.266 e. The quantitative estimate of drug-likeness (QED) is 0.789. The Morgan fingerprint density at radius 2 is 1.70 bits per heavy atom. The third-order valence-electron chi connectivity index (χ3n) is 5.11. The Balaban J connectivity index is 1.86. The van der Waals surface area contributed by atoms with Crippen LogP contribution in [-0.4, -0.2) is 30.3 Å². The molecule has 5 nitrogen and oxygen atoms in total. The van der Waals surface area contributed by atoms with Crippen LogP contribution in [0.25, 0.3) is 0 Å². The first-order chi connectivity index (χ1) is 10.6. The average molecular weight is 339 g/mol. The molecule has 1 aliphatic rings. The third kappa shape index (κ3) is 4.67. The zero-order valence-corrected chi connectivity index (χ0v) is 16.3. The van der Waals surface area contributed by atoms with Crippen molar-refractivity contribution in [2.75, 3.05) is 0 Å². The van der Waals surface area contributed by atoms with Gasteiger partial charge < -0.3 is 9.16 Å². The summed E-state index contributed by atoms with van der Waals surface area (Å²) >= 11 is 0. The van der Waals surface area contributed by atoms with Crippen LogP contribution in [0.15, 0.2) is 16.9 Å². The number of aryl methyl sites for hydroxylation is 1. The van der Waals surface area contributed by atoms with Crippen LogP contribution in [0.5, 0.6) is 5.88 Å². The normalized spacial score (nSPS) is 22.9. The van der Waals surface area contributed by atoms with Crippen molar-refractivity contribution in [3.8, 4) is 5.88 Å². The van der Waals surface area contributed by atoms with Gasteiger partial charge in [0.2, 0.25) is 5.88 Å². The summed E-state index contributed by atoms with van der Waals surface area (Å²) in [5, 5.41) is 4.38. The first-order valence-corrected chi connectivity index (χ1v) is 11.4. The van der Waals surface area contributed by atoms with Crippen LogP contribution in [0.3, 0.4) is 0 Å². The number of hydrogen-bond donors (Lipinski definition) is 0. The lowest BCUT2D eigenvalue weighted by Crippen LogP contribution is -2.45. The third-order valence-corrected chi connectivity index (χ3v) is 9.65. The minimum atomic E-state index is -1.69. The summed E-state index contributed by atoms with van der Waals surface area (Å²) in [7, 11) is -0.0554. The van der Waals surface area contributed by atoms with Crippen LogP contribution in [0.4, 0.5) is 0 Å². The van der Waals surface area contributed by atoms with Crippen molar-refractivity contribution in [2.45, 2.75) is 76.8 Å². The van der Waals surface area contributed by atoms with E-state index >= 15 is 0 Å². The van der Waals surface area contributed by atoms with Gasteiger partial charge in [0.15, 0.2) is 8.32 Å². The fourth-order valence-electron chi connectivity index (χ4n) is 2.58. The molecule has 1 aromatic heterocycles. The van der Waals surface area contributed by atoms with Crippen molar-refractivity contribution in [2.24, 2.45) is 7.05 Å². The number of nitrogens with zero attached hydrogens (tertiary/aromatic N) is 2. The van der Waals surface area contributed by atoms with Gasteiger partial charge in [0.25, 0.3) is 5.56 Å². The molecule has 0 atom stereocenters. The van der Waals surface area contributed by atoms with Gasteiger partial charge in [-0.2, -0.15) is 0 Å². The van der Waals surface area contributed by atoms with E-state index in [0.29, 0.717) is 12.0 Å². The molecule has 1 aliphatic carbocycles. The van der Waals surface area contributed by atoms with Crippen molar-refractivity contribution in [3.05, 3.63) is 22.5 Å². The summed E-state index contributed by atoms with van der Waals surface area (Å²) in [6.45, 7) is 11.5. The molecule has 0 amide bonds. The van der Waals surface area contributed by atoms with Crippen molar-refractivity contribution in [3.63, 3.8) is 0 Å². The van der Waals surface area contributed by atoms with Gasteiger partial charge in [-0.25, -0.2) is 4.68 Å². The van der Waals surface area contributed by atoms with E-state index in [1.807, 2.05) is 0 Å². The summed E-state index contributed by atoms with van der Waals surface area (Å²) in [6, 6.07) is 3.15. The van der Waals surface area contributed by atoms with Crippen LogP contribution < -0.4 is 10.3 Å². The van der Waals surface area contributed by atoms with Gasteiger partial charge >= 0.3 is 0 Å². The molecule has 0 aliphatic heterocycles. The first-order valence-electron chi connectivity index (χ1n) is 8.47. The van der Waals surface area contributed by atoms with Crippen molar-refractivity contribution in [1.82, 2.24) is 9.78 Å². The lowest BCUT2D eigenvalue weighted by Gasteiger charge is -2.41. The number of ether oxygens (including phenoxy) is 1. The fourth-order valence-corrected chi connectivity index (χ4v) is 4.00. The molecule has 0 aromatic carbocycles. The van der Waals surface area contributed by atoms with E-state index in [-0.39, 0.29) is 16.7 Å². The van der Waals surface area contributed by atoms with E-state index in [1.54, 1.807) is 13.1 Å². The zero-order chi connectivity index (χ0) is 17.3. The lowest BCUT2D eigenvalue weighted by molar-refractivity contribution is 0.0691. The standard InChI is InChI=1S/C17H30N2O3Si/c1-17(2,3)23(5,6)22-14-9-7-13(8-10-14)21-15-11-12-16(20)19(4)18-15/h11-14H,7-10H2,1-6H3/t13-,14-. The first kappa shape index (κ1) is 18.2. The van der Waals surface area contributed by atoms with E-state index in [0.717, 1.165) is 25.7 Å². The van der Waals surface area contributed by atoms with Crippen LogP contribution in [-0.2, 0) is 11.5 Å². The molecule has 1 saturated carbocycles. The summed E-state index contributed by atoms with van der Waals surface area (Å²) in [6.07, 6.45) is 4.53. The maximum atomic E-state index is 11.4. The molecule has 0 spiro atoms. The predicted molar refractivity (Wildman–Crippen MR) is 94.4 cm³/mol. The Morgan fingerprint density at radius 3 is 2.22 bits per heavy atom. The fraction of sp³-hybridized carbons (Fsp3) is 0.765. The van der Waals surface area contributed by atoms with Crippen molar-refractivity contribution < 1.29 is 9.16 Å². The van der Waals surface area contributed by atoms with Crippen molar-refractivity contribution >= 4 is 8.32 Å².